The average molecular weight is 354 g/mol. The van der Waals surface area contributed by atoms with Crippen molar-refractivity contribution in [2.24, 2.45) is 11.8 Å². The molecule has 0 spiro atoms. The molecule has 1 amide bonds. The van der Waals surface area contributed by atoms with E-state index >= 15 is 0 Å². The first-order chi connectivity index (χ1) is 10.1. The lowest BCUT2D eigenvalue weighted by molar-refractivity contribution is -0.137. The van der Waals surface area contributed by atoms with Gasteiger partial charge in [0.25, 0.3) is 0 Å². The zero-order chi connectivity index (χ0) is 14.8. The van der Waals surface area contributed by atoms with Crippen LogP contribution in [0.15, 0.2) is 16.9 Å². The smallest absolute Gasteiger partial charge is 0.225 e. The summed E-state index contributed by atoms with van der Waals surface area (Å²) >= 11 is 3.34. The Morgan fingerprint density at radius 2 is 1.90 bits per heavy atom. The fourth-order valence-electron chi connectivity index (χ4n) is 2.75. The molecular weight excluding hydrogens is 334 g/mol. The van der Waals surface area contributed by atoms with Gasteiger partial charge in [-0.1, -0.05) is 6.92 Å². The highest BCUT2D eigenvalue weighted by atomic mass is 79.9. The van der Waals surface area contributed by atoms with Gasteiger partial charge in [-0.2, -0.15) is 0 Å². The van der Waals surface area contributed by atoms with Crippen molar-refractivity contribution >= 4 is 27.8 Å². The first-order valence-electron chi connectivity index (χ1n) is 7.37. The van der Waals surface area contributed by atoms with E-state index in [0.717, 1.165) is 49.7 Å². The Morgan fingerprint density at radius 3 is 2.43 bits per heavy atom. The third-order valence-corrected chi connectivity index (χ3v) is 4.80. The molecule has 2 saturated heterocycles. The zero-order valence-corrected chi connectivity index (χ0v) is 13.7. The molecule has 6 nitrogen and oxygen atoms in total. The Balaban J connectivity index is 1.54. The summed E-state index contributed by atoms with van der Waals surface area (Å²) in [5.41, 5.74) is 0. The molecule has 1 N–H and O–H groups in total. The summed E-state index contributed by atoms with van der Waals surface area (Å²) in [6.45, 7) is 7.09. The van der Waals surface area contributed by atoms with Gasteiger partial charge in [0.05, 0.1) is 4.47 Å². The van der Waals surface area contributed by atoms with Crippen LogP contribution in [0.2, 0.25) is 0 Å². The minimum atomic E-state index is 0.127. The summed E-state index contributed by atoms with van der Waals surface area (Å²) in [7, 11) is 0. The molecule has 2 aliphatic rings. The van der Waals surface area contributed by atoms with Crippen LogP contribution >= 0.6 is 15.9 Å². The molecule has 1 atom stereocenters. The highest BCUT2D eigenvalue weighted by molar-refractivity contribution is 9.10. The molecule has 7 heteroatoms. The molecule has 2 fully saturated rings. The van der Waals surface area contributed by atoms with Crippen molar-refractivity contribution in [1.82, 2.24) is 20.2 Å². The van der Waals surface area contributed by atoms with Crippen LogP contribution in [0, 0.1) is 11.8 Å². The standard InChI is InChI=1S/C14H20BrN5O/c1-10(11-6-16-7-11)13(21)19-2-4-20(5-3-19)14-17-8-12(15)9-18-14/h8-11,16H,2-7H2,1H3. The molecule has 0 aliphatic carbocycles. The molecule has 1 unspecified atom stereocenters. The van der Waals surface area contributed by atoms with Crippen LogP contribution in [-0.2, 0) is 4.79 Å². The predicted octanol–water partition coefficient (Wildman–Crippen LogP) is 0.743. The fourth-order valence-corrected chi connectivity index (χ4v) is 2.95. The molecule has 0 bridgehead atoms. The van der Waals surface area contributed by atoms with Gasteiger partial charge < -0.3 is 15.1 Å². The molecule has 114 valence electrons. The van der Waals surface area contributed by atoms with Crippen molar-refractivity contribution in [1.29, 1.82) is 0 Å². The quantitative estimate of drug-likeness (QED) is 0.868. The van der Waals surface area contributed by atoms with E-state index in [4.69, 9.17) is 0 Å². The highest BCUT2D eigenvalue weighted by Gasteiger charge is 2.33. The molecule has 3 rings (SSSR count). The van der Waals surface area contributed by atoms with E-state index in [9.17, 15) is 4.79 Å². The van der Waals surface area contributed by atoms with Gasteiger partial charge in [0.1, 0.15) is 0 Å². The van der Waals surface area contributed by atoms with E-state index in [2.05, 4.69) is 43.0 Å². The lowest BCUT2D eigenvalue weighted by atomic mass is 9.88. The summed E-state index contributed by atoms with van der Waals surface area (Å²) < 4.78 is 0.878. The highest BCUT2D eigenvalue weighted by Crippen LogP contribution is 2.20. The molecule has 0 aromatic carbocycles. The second-order valence-electron chi connectivity index (χ2n) is 5.72. The Bertz CT molecular complexity index is 497. The Morgan fingerprint density at radius 1 is 1.29 bits per heavy atom. The number of nitrogens with zero attached hydrogens (tertiary/aromatic N) is 4. The molecule has 2 aliphatic heterocycles. The van der Waals surface area contributed by atoms with Crippen molar-refractivity contribution in [3.8, 4) is 0 Å². The second-order valence-corrected chi connectivity index (χ2v) is 6.64. The maximum absolute atomic E-state index is 12.5. The lowest BCUT2D eigenvalue weighted by Crippen LogP contribution is -2.54. The van der Waals surface area contributed by atoms with E-state index < -0.39 is 0 Å². The van der Waals surface area contributed by atoms with Gasteiger partial charge in [-0.3, -0.25) is 4.79 Å². The molecular formula is C14H20BrN5O. The van der Waals surface area contributed by atoms with E-state index in [-0.39, 0.29) is 11.8 Å². The third-order valence-electron chi connectivity index (χ3n) is 4.39. The summed E-state index contributed by atoms with van der Waals surface area (Å²) in [5.74, 6) is 1.66. The Labute approximate surface area is 133 Å². The Kier molecular flexibility index (Phi) is 4.40. The predicted molar refractivity (Wildman–Crippen MR) is 84.0 cm³/mol. The van der Waals surface area contributed by atoms with Gasteiger partial charge in [0.15, 0.2) is 0 Å². The number of carbonyl (C=O) groups excluding carboxylic acids is 1. The minimum Gasteiger partial charge on any atom is -0.339 e. The van der Waals surface area contributed by atoms with E-state index in [0.29, 0.717) is 5.92 Å². The summed E-state index contributed by atoms with van der Waals surface area (Å²) in [6.07, 6.45) is 3.51. The third kappa shape index (κ3) is 3.18. The summed E-state index contributed by atoms with van der Waals surface area (Å²) in [4.78, 5) is 25.2. The van der Waals surface area contributed by atoms with E-state index in [1.54, 1.807) is 12.4 Å². The van der Waals surface area contributed by atoms with Crippen LogP contribution in [-0.4, -0.2) is 60.0 Å². The van der Waals surface area contributed by atoms with Gasteiger partial charge in [0.2, 0.25) is 11.9 Å². The summed E-state index contributed by atoms with van der Waals surface area (Å²) in [5, 5.41) is 3.23. The number of carbonyl (C=O) groups is 1. The Hall–Kier alpha value is -1.21. The SMILES string of the molecule is CC(C(=O)N1CCN(c2ncc(Br)cn2)CC1)C1CNC1. The number of amides is 1. The van der Waals surface area contributed by atoms with Crippen molar-refractivity contribution in [3.63, 3.8) is 0 Å². The van der Waals surface area contributed by atoms with Crippen LogP contribution in [0.3, 0.4) is 0 Å². The maximum atomic E-state index is 12.5. The molecule has 21 heavy (non-hydrogen) atoms. The number of halogens is 1. The van der Waals surface area contributed by atoms with Gasteiger partial charge in [-0.15, -0.1) is 0 Å². The van der Waals surface area contributed by atoms with Crippen LogP contribution in [0.1, 0.15) is 6.92 Å². The minimum absolute atomic E-state index is 0.127. The van der Waals surface area contributed by atoms with Crippen molar-refractivity contribution in [3.05, 3.63) is 16.9 Å². The van der Waals surface area contributed by atoms with Crippen LogP contribution in [0.5, 0.6) is 0 Å². The maximum Gasteiger partial charge on any atom is 0.225 e. The molecule has 3 heterocycles. The van der Waals surface area contributed by atoms with Gasteiger partial charge in [-0.25, -0.2) is 9.97 Å². The number of aromatic nitrogens is 2. The zero-order valence-electron chi connectivity index (χ0n) is 12.1. The van der Waals surface area contributed by atoms with Crippen LogP contribution in [0.4, 0.5) is 5.95 Å². The van der Waals surface area contributed by atoms with E-state index in [1.807, 2.05) is 4.90 Å². The van der Waals surface area contributed by atoms with Crippen LogP contribution in [0.25, 0.3) is 0 Å². The molecule has 1 aromatic heterocycles. The second kappa shape index (κ2) is 6.27. The largest absolute Gasteiger partial charge is 0.339 e. The van der Waals surface area contributed by atoms with Crippen molar-refractivity contribution in [2.75, 3.05) is 44.2 Å². The normalized spacial score (nSPS) is 21.0. The summed E-state index contributed by atoms with van der Waals surface area (Å²) in [6, 6.07) is 0. The monoisotopic (exact) mass is 353 g/mol. The van der Waals surface area contributed by atoms with Crippen molar-refractivity contribution in [2.45, 2.75) is 6.92 Å². The number of nitrogens with one attached hydrogen (secondary N) is 1. The number of rotatable bonds is 3. The average Bonchev–Trinajstić information content (AvgIpc) is 2.46. The van der Waals surface area contributed by atoms with Gasteiger partial charge >= 0.3 is 0 Å². The molecule has 0 saturated carbocycles. The first-order valence-corrected chi connectivity index (χ1v) is 8.16. The number of hydrogen-bond donors (Lipinski definition) is 1. The van der Waals surface area contributed by atoms with Gasteiger partial charge in [0, 0.05) is 44.5 Å². The van der Waals surface area contributed by atoms with Gasteiger partial charge in [-0.05, 0) is 34.9 Å². The van der Waals surface area contributed by atoms with Crippen LogP contribution < -0.4 is 10.2 Å². The number of anilines is 1. The fraction of sp³-hybridized carbons (Fsp3) is 0.643. The van der Waals surface area contributed by atoms with E-state index in [1.165, 1.54) is 0 Å². The number of hydrogen-bond acceptors (Lipinski definition) is 5. The topological polar surface area (TPSA) is 61.4 Å². The van der Waals surface area contributed by atoms with Crippen molar-refractivity contribution < 1.29 is 4.79 Å². The lowest BCUT2D eigenvalue weighted by Gasteiger charge is -2.39. The first kappa shape index (κ1) is 14.7. The number of piperazine rings is 1. The molecule has 1 aromatic rings. The molecule has 0 radical (unpaired) electrons.